The minimum absolute atomic E-state index is 0.0568. The van der Waals surface area contributed by atoms with Crippen LogP contribution in [0.1, 0.15) is 79.8 Å². The number of hydrogen-bond acceptors (Lipinski definition) is 6. The second-order valence-electron chi connectivity index (χ2n) is 9.67. The predicted octanol–water partition coefficient (Wildman–Crippen LogP) is 4.17. The number of H-pyrrole nitrogens is 1. The molecule has 0 spiro atoms. The van der Waals surface area contributed by atoms with Gasteiger partial charge in [-0.3, -0.25) is 4.68 Å². The van der Waals surface area contributed by atoms with Crippen molar-refractivity contribution in [2.45, 2.75) is 82.0 Å². The van der Waals surface area contributed by atoms with Crippen molar-refractivity contribution in [2.24, 2.45) is 0 Å². The van der Waals surface area contributed by atoms with E-state index >= 15 is 0 Å². The molecule has 9 heteroatoms. The monoisotopic (exact) mass is 465 g/mol. The van der Waals surface area contributed by atoms with Gasteiger partial charge in [-0.15, -0.1) is 0 Å². The molecule has 3 N–H and O–H groups in total. The molecular formula is C25H31N5O4. The minimum atomic E-state index is -1.12. The van der Waals surface area contributed by atoms with Gasteiger partial charge in [0.15, 0.2) is 0 Å². The van der Waals surface area contributed by atoms with Crippen molar-refractivity contribution in [1.82, 2.24) is 25.2 Å². The summed E-state index contributed by atoms with van der Waals surface area (Å²) in [6.07, 6.45) is 10.4. The van der Waals surface area contributed by atoms with Gasteiger partial charge in [-0.05, 0) is 61.6 Å². The highest BCUT2D eigenvalue weighted by Gasteiger charge is 2.31. The molecule has 2 aromatic heterocycles. The molecule has 180 valence electrons. The van der Waals surface area contributed by atoms with Crippen LogP contribution in [0.15, 0.2) is 36.5 Å². The summed E-state index contributed by atoms with van der Waals surface area (Å²) in [6, 6.07) is 10.7. The minimum Gasteiger partial charge on any atom is -0.476 e. The average Bonchev–Trinajstić information content (AvgIpc) is 3.49. The molecular weight excluding hydrogens is 434 g/mol. The lowest BCUT2D eigenvalue weighted by atomic mass is 9.82. The lowest BCUT2D eigenvalue weighted by Gasteiger charge is -2.32. The quantitative estimate of drug-likeness (QED) is 0.478. The molecule has 0 atom stereocenters. The molecule has 2 fully saturated rings. The van der Waals surface area contributed by atoms with Crippen LogP contribution >= 0.6 is 0 Å². The van der Waals surface area contributed by atoms with Crippen molar-refractivity contribution in [1.29, 1.82) is 0 Å². The molecule has 0 unspecified atom stereocenters. The van der Waals surface area contributed by atoms with Gasteiger partial charge in [0.2, 0.25) is 5.69 Å². The van der Waals surface area contributed by atoms with Crippen molar-refractivity contribution in [3.8, 4) is 17.1 Å². The van der Waals surface area contributed by atoms with Crippen LogP contribution in [0.5, 0.6) is 5.88 Å². The van der Waals surface area contributed by atoms with E-state index in [1.807, 2.05) is 10.7 Å². The lowest BCUT2D eigenvalue weighted by Crippen LogP contribution is -2.36. The summed E-state index contributed by atoms with van der Waals surface area (Å²) in [4.78, 5) is 11.2. The second kappa shape index (κ2) is 9.58. The maximum atomic E-state index is 11.2. The summed E-state index contributed by atoms with van der Waals surface area (Å²) in [7, 11) is 0. The van der Waals surface area contributed by atoms with Gasteiger partial charge in [-0.25, -0.2) is 9.89 Å². The SMILES string of the molecule is O=C(O)c1[nH]nnc1O[C@H]1CC[C@H](c2ccc(-c3ccnn3CC3(O)CCCCC3)cc2)CC1. The Hall–Kier alpha value is -3.20. The van der Waals surface area contributed by atoms with Gasteiger partial charge < -0.3 is 14.9 Å². The molecule has 0 bridgehead atoms. The molecule has 34 heavy (non-hydrogen) atoms. The topological polar surface area (TPSA) is 126 Å². The van der Waals surface area contributed by atoms with Crippen molar-refractivity contribution < 1.29 is 19.7 Å². The van der Waals surface area contributed by atoms with Crippen molar-refractivity contribution in [3.05, 3.63) is 47.8 Å². The molecule has 2 saturated carbocycles. The van der Waals surface area contributed by atoms with Crippen molar-refractivity contribution in [2.75, 3.05) is 0 Å². The molecule has 1 aromatic carbocycles. The number of nitrogens with one attached hydrogen (secondary N) is 1. The number of carbonyl (C=O) groups is 1. The van der Waals surface area contributed by atoms with Gasteiger partial charge in [-0.2, -0.15) is 5.10 Å². The first-order chi connectivity index (χ1) is 16.5. The van der Waals surface area contributed by atoms with Gasteiger partial charge in [0.25, 0.3) is 5.88 Å². The number of aromatic carboxylic acids is 1. The van der Waals surface area contributed by atoms with E-state index in [4.69, 9.17) is 9.84 Å². The molecule has 2 aliphatic rings. The number of hydrogen-bond donors (Lipinski definition) is 3. The van der Waals surface area contributed by atoms with Crippen LogP contribution in [-0.4, -0.2) is 53.1 Å². The average molecular weight is 466 g/mol. The smallest absolute Gasteiger partial charge is 0.359 e. The molecule has 0 saturated heterocycles. The normalized spacial score (nSPS) is 22.4. The van der Waals surface area contributed by atoms with E-state index in [1.165, 1.54) is 12.0 Å². The summed E-state index contributed by atoms with van der Waals surface area (Å²) < 4.78 is 7.75. The number of aliphatic hydroxyl groups is 1. The molecule has 2 aliphatic carbocycles. The third-order valence-corrected chi connectivity index (χ3v) is 7.31. The third kappa shape index (κ3) is 4.84. The van der Waals surface area contributed by atoms with Crippen LogP contribution in [0.2, 0.25) is 0 Å². The number of nitrogens with zero attached hydrogens (tertiary/aromatic N) is 4. The molecule has 0 amide bonds. The standard InChI is InChI=1S/C25H31N5O4/c31-24(32)22-23(28-29-27-22)34-20-10-8-18(9-11-20)17-4-6-19(7-5-17)21-12-15-26-30(21)16-25(33)13-2-1-3-14-25/h4-7,12,15,18,20,33H,1-3,8-11,13-14,16H2,(H,31,32)(H,27,28,29)/t18-,20-. The lowest BCUT2D eigenvalue weighted by molar-refractivity contribution is -0.0138. The predicted molar refractivity (Wildman–Crippen MR) is 125 cm³/mol. The van der Waals surface area contributed by atoms with Gasteiger partial charge >= 0.3 is 5.97 Å². The van der Waals surface area contributed by atoms with Gasteiger partial charge in [0, 0.05) is 6.20 Å². The van der Waals surface area contributed by atoms with Crippen LogP contribution in [0, 0.1) is 0 Å². The largest absolute Gasteiger partial charge is 0.476 e. The number of rotatable bonds is 7. The summed E-state index contributed by atoms with van der Waals surface area (Å²) in [5.41, 5.74) is 2.67. The van der Waals surface area contributed by atoms with Crippen molar-refractivity contribution in [3.63, 3.8) is 0 Å². The van der Waals surface area contributed by atoms with E-state index in [1.54, 1.807) is 6.20 Å². The zero-order chi connectivity index (χ0) is 23.5. The Labute approximate surface area is 198 Å². The molecule has 9 nitrogen and oxygen atoms in total. The highest BCUT2D eigenvalue weighted by molar-refractivity contribution is 5.87. The number of benzene rings is 1. The first-order valence-corrected chi connectivity index (χ1v) is 12.2. The fourth-order valence-electron chi connectivity index (χ4n) is 5.39. The molecule has 2 heterocycles. The maximum absolute atomic E-state index is 11.2. The van der Waals surface area contributed by atoms with E-state index in [-0.39, 0.29) is 17.7 Å². The van der Waals surface area contributed by atoms with Crippen LogP contribution in [-0.2, 0) is 6.54 Å². The van der Waals surface area contributed by atoms with Gasteiger partial charge in [0.05, 0.1) is 17.8 Å². The Kier molecular flexibility index (Phi) is 6.36. The Morgan fingerprint density at radius 1 is 1.09 bits per heavy atom. The van der Waals surface area contributed by atoms with E-state index in [0.29, 0.717) is 12.5 Å². The number of aromatic amines is 1. The van der Waals surface area contributed by atoms with Crippen LogP contribution in [0.4, 0.5) is 0 Å². The van der Waals surface area contributed by atoms with Gasteiger partial charge in [0.1, 0.15) is 6.10 Å². The summed E-state index contributed by atoms with van der Waals surface area (Å²) in [5, 5.41) is 34.3. The fourth-order valence-corrected chi connectivity index (χ4v) is 5.39. The van der Waals surface area contributed by atoms with Crippen LogP contribution in [0.25, 0.3) is 11.3 Å². The van der Waals surface area contributed by atoms with Crippen LogP contribution < -0.4 is 4.74 Å². The maximum Gasteiger partial charge on any atom is 0.359 e. The zero-order valence-electron chi connectivity index (χ0n) is 19.2. The Morgan fingerprint density at radius 3 is 2.53 bits per heavy atom. The Bertz CT molecular complexity index is 1110. The van der Waals surface area contributed by atoms with E-state index in [2.05, 4.69) is 44.8 Å². The van der Waals surface area contributed by atoms with E-state index < -0.39 is 11.6 Å². The highest BCUT2D eigenvalue weighted by atomic mass is 16.5. The number of ether oxygens (including phenoxy) is 1. The molecule has 5 rings (SSSR count). The molecule has 3 aromatic rings. The third-order valence-electron chi connectivity index (χ3n) is 7.31. The molecule has 0 aliphatic heterocycles. The second-order valence-corrected chi connectivity index (χ2v) is 9.67. The summed E-state index contributed by atoms with van der Waals surface area (Å²) in [5.74, 6) is -0.615. The van der Waals surface area contributed by atoms with E-state index in [9.17, 15) is 9.90 Å². The summed E-state index contributed by atoms with van der Waals surface area (Å²) in [6.45, 7) is 0.538. The Balaban J connectivity index is 1.20. The first-order valence-electron chi connectivity index (χ1n) is 12.2. The van der Waals surface area contributed by atoms with Gasteiger partial charge in [-0.1, -0.05) is 53.8 Å². The van der Waals surface area contributed by atoms with Crippen molar-refractivity contribution >= 4 is 5.97 Å². The number of aromatic nitrogens is 5. The Morgan fingerprint density at radius 2 is 1.82 bits per heavy atom. The number of carboxylic acid groups (broad SMARTS) is 1. The van der Waals surface area contributed by atoms with Crippen LogP contribution in [0.3, 0.4) is 0 Å². The zero-order valence-corrected chi connectivity index (χ0v) is 19.2. The molecule has 0 radical (unpaired) electrons. The van der Waals surface area contributed by atoms with E-state index in [0.717, 1.165) is 62.6 Å². The summed E-state index contributed by atoms with van der Waals surface area (Å²) >= 11 is 0. The fraction of sp³-hybridized carbons (Fsp3) is 0.520. The number of carboxylic acids is 1. The first kappa shape index (κ1) is 22.6. The highest BCUT2D eigenvalue weighted by Crippen LogP contribution is 2.36.